The van der Waals surface area contributed by atoms with E-state index in [4.69, 9.17) is 0 Å². The quantitative estimate of drug-likeness (QED) is 0.718. The van der Waals surface area contributed by atoms with E-state index in [2.05, 4.69) is 4.74 Å². The predicted octanol–water partition coefficient (Wildman–Crippen LogP) is 3.12. The number of carboxylic acid groups (broad SMARTS) is 1. The minimum atomic E-state index is -1.55. The van der Waals surface area contributed by atoms with Gasteiger partial charge in [0.2, 0.25) is 0 Å². The van der Waals surface area contributed by atoms with Crippen molar-refractivity contribution in [1.29, 1.82) is 0 Å². The summed E-state index contributed by atoms with van der Waals surface area (Å²) >= 11 is 0. The molecule has 2 unspecified atom stereocenters. The summed E-state index contributed by atoms with van der Waals surface area (Å²) in [5, 5.41) is 8.50. The van der Waals surface area contributed by atoms with Crippen LogP contribution in [0.4, 0.5) is 0 Å². The predicted molar refractivity (Wildman–Crippen MR) is 101 cm³/mol. The number of benzene rings is 2. The molecule has 0 aromatic heterocycles. The summed E-state index contributed by atoms with van der Waals surface area (Å²) in [4.78, 5) is 23.0. The molecule has 0 amide bonds. The van der Waals surface area contributed by atoms with Crippen molar-refractivity contribution in [3.8, 4) is 0 Å². The molecule has 138 valence electrons. The van der Waals surface area contributed by atoms with Gasteiger partial charge in [0.1, 0.15) is 5.25 Å². The lowest BCUT2D eigenvalue weighted by atomic mass is 10.1. The fraction of sp³-hybridized carbons (Fsp3) is 0.300. The molecule has 0 aliphatic rings. The lowest BCUT2D eigenvalue weighted by Crippen LogP contribution is -2.27. The maximum Gasteiger partial charge on any atom is 0.337 e. The summed E-state index contributed by atoms with van der Waals surface area (Å²) in [7, 11) is -0.249. The highest BCUT2D eigenvalue weighted by atomic mass is 32.2. The molecule has 0 fully saturated rings. The molecule has 2 aromatic rings. The van der Waals surface area contributed by atoms with Gasteiger partial charge < -0.3 is 9.84 Å². The van der Waals surface area contributed by atoms with Crippen molar-refractivity contribution in [2.75, 3.05) is 7.11 Å². The molecule has 0 saturated heterocycles. The van der Waals surface area contributed by atoms with Crippen LogP contribution in [-0.2, 0) is 32.5 Å². The van der Waals surface area contributed by atoms with Gasteiger partial charge in [0.15, 0.2) is 0 Å². The Balaban J connectivity index is 2.00. The average Bonchev–Trinajstić information content (AvgIpc) is 2.63. The van der Waals surface area contributed by atoms with Crippen LogP contribution in [0.5, 0.6) is 0 Å². The number of rotatable bonds is 8. The van der Waals surface area contributed by atoms with Crippen molar-refractivity contribution in [2.45, 2.75) is 30.8 Å². The topological polar surface area (TPSA) is 80.7 Å². The molecule has 0 saturated carbocycles. The van der Waals surface area contributed by atoms with E-state index < -0.39 is 28.0 Å². The van der Waals surface area contributed by atoms with Crippen molar-refractivity contribution >= 4 is 22.7 Å². The van der Waals surface area contributed by atoms with Crippen LogP contribution in [0.1, 0.15) is 33.5 Å². The number of carboxylic acids is 1. The maximum atomic E-state index is 12.5. The number of hydrogen-bond donors (Lipinski definition) is 1. The highest BCUT2D eigenvalue weighted by Crippen LogP contribution is 2.15. The summed E-state index contributed by atoms with van der Waals surface area (Å²) in [6.07, 6.45) is 0.871. The van der Waals surface area contributed by atoms with Crippen LogP contribution in [-0.4, -0.2) is 33.6 Å². The smallest absolute Gasteiger partial charge is 0.337 e. The summed E-state index contributed by atoms with van der Waals surface area (Å²) in [5.41, 5.74) is 3.29. The fourth-order valence-corrected chi connectivity index (χ4v) is 3.87. The molecule has 0 aliphatic carbocycles. The minimum absolute atomic E-state index is 0.131. The zero-order valence-corrected chi connectivity index (χ0v) is 15.6. The van der Waals surface area contributed by atoms with Crippen LogP contribution in [0.2, 0.25) is 0 Å². The number of methoxy groups -OCH3 is 1. The highest BCUT2D eigenvalue weighted by Gasteiger charge is 2.24. The van der Waals surface area contributed by atoms with E-state index >= 15 is 0 Å². The van der Waals surface area contributed by atoms with E-state index in [-0.39, 0.29) is 5.75 Å². The van der Waals surface area contributed by atoms with E-state index in [9.17, 15) is 18.9 Å². The Morgan fingerprint density at radius 3 is 2.15 bits per heavy atom. The first-order valence-electron chi connectivity index (χ1n) is 8.23. The van der Waals surface area contributed by atoms with E-state index in [1.54, 1.807) is 24.3 Å². The van der Waals surface area contributed by atoms with Crippen molar-refractivity contribution in [2.24, 2.45) is 0 Å². The highest BCUT2D eigenvalue weighted by molar-refractivity contribution is 7.85. The van der Waals surface area contributed by atoms with Gasteiger partial charge in [-0.3, -0.25) is 9.00 Å². The largest absolute Gasteiger partial charge is 0.480 e. The molecule has 0 spiro atoms. The third-order valence-corrected chi connectivity index (χ3v) is 5.78. The van der Waals surface area contributed by atoms with Gasteiger partial charge in [-0.15, -0.1) is 0 Å². The number of aryl methyl sites for hydroxylation is 2. The van der Waals surface area contributed by atoms with Crippen LogP contribution in [0.25, 0.3) is 0 Å². The first kappa shape index (κ1) is 19.8. The van der Waals surface area contributed by atoms with E-state index in [1.807, 2.05) is 31.2 Å². The summed E-state index contributed by atoms with van der Waals surface area (Å²) in [5.74, 6) is -1.37. The van der Waals surface area contributed by atoms with Gasteiger partial charge >= 0.3 is 11.9 Å². The second-order valence-electron chi connectivity index (χ2n) is 6.06. The van der Waals surface area contributed by atoms with Crippen LogP contribution in [0.3, 0.4) is 0 Å². The Morgan fingerprint density at radius 1 is 1.04 bits per heavy atom. The van der Waals surface area contributed by atoms with E-state index in [0.717, 1.165) is 16.7 Å². The lowest BCUT2D eigenvalue weighted by Gasteiger charge is -2.13. The molecule has 0 bridgehead atoms. The summed E-state index contributed by atoms with van der Waals surface area (Å²) in [6, 6.07) is 14.4. The van der Waals surface area contributed by atoms with Gasteiger partial charge in [-0.25, -0.2) is 4.79 Å². The number of ether oxygens (including phenoxy) is 1. The summed E-state index contributed by atoms with van der Waals surface area (Å²) in [6.45, 7) is 1.99. The van der Waals surface area contributed by atoms with Crippen molar-refractivity contribution < 1.29 is 23.6 Å². The number of carbonyl (C=O) groups is 2. The molecule has 26 heavy (non-hydrogen) atoms. The molecule has 2 rings (SSSR count). The second-order valence-corrected chi connectivity index (χ2v) is 7.68. The van der Waals surface area contributed by atoms with Crippen LogP contribution >= 0.6 is 0 Å². The Kier molecular flexibility index (Phi) is 7.09. The molecule has 0 radical (unpaired) electrons. The normalized spacial score (nSPS) is 13.0. The third kappa shape index (κ3) is 5.52. The zero-order chi connectivity index (χ0) is 19.1. The Hall–Kier alpha value is -2.47. The number of carbonyl (C=O) groups excluding carboxylic acids is 1. The van der Waals surface area contributed by atoms with Crippen molar-refractivity contribution in [3.05, 3.63) is 70.8 Å². The molecule has 2 atom stereocenters. The van der Waals surface area contributed by atoms with Crippen molar-refractivity contribution in [1.82, 2.24) is 0 Å². The molecule has 2 aromatic carbocycles. The van der Waals surface area contributed by atoms with E-state index in [0.29, 0.717) is 18.4 Å². The van der Waals surface area contributed by atoms with E-state index in [1.165, 1.54) is 7.11 Å². The van der Waals surface area contributed by atoms with Crippen LogP contribution < -0.4 is 0 Å². The molecule has 5 nitrogen and oxygen atoms in total. The number of hydrogen-bond acceptors (Lipinski definition) is 4. The first-order chi connectivity index (χ1) is 12.4. The average molecular weight is 374 g/mol. The van der Waals surface area contributed by atoms with Crippen LogP contribution in [0, 0.1) is 6.92 Å². The SMILES string of the molecule is COC(=O)c1ccc(CS(=O)C(CCc2ccc(C)cc2)C(=O)O)cc1. The van der Waals surface area contributed by atoms with Gasteiger partial charge in [-0.1, -0.05) is 42.0 Å². The van der Waals surface area contributed by atoms with Gasteiger partial charge in [-0.05, 0) is 43.0 Å². The Labute approximate surface area is 155 Å². The van der Waals surface area contributed by atoms with Gasteiger partial charge in [-0.2, -0.15) is 0 Å². The van der Waals surface area contributed by atoms with Gasteiger partial charge in [0.05, 0.1) is 12.7 Å². The Morgan fingerprint density at radius 2 is 1.62 bits per heavy atom. The third-order valence-electron chi connectivity index (χ3n) is 4.09. The molecule has 0 heterocycles. The zero-order valence-electron chi connectivity index (χ0n) is 14.8. The molecular weight excluding hydrogens is 352 g/mol. The molecular formula is C20H22O5S. The Bertz CT molecular complexity index is 781. The number of esters is 1. The lowest BCUT2D eigenvalue weighted by molar-refractivity contribution is -0.136. The standard InChI is InChI=1S/C20H22O5S/c1-14-3-5-15(6-4-14)9-12-18(19(21)22)26(24)13-16-7-10-17(11-8-16)20(23)25-2/h3-8,10-11,18H,9,12-13H2,1-2H3,(H,21,22). The van der Waals surface area contributed by atoms with Gasteiger partial charge in [0, 0.05) is 16.6 Å². The molecule has 0 aliphatic heterocycles. The number of aliphatic carboxylic acids is 1. The first-order valence-corrected chi connectivity index (χ1v) is 9.61. The fourth-order valence-electron chi connectivity index (χ4n) is 2.54. The molecule has 1 N–H and O–H groups in total. The monoisotopic (exact) mass is 374 g/mol. The second kappa shape index (κ2) is 9.29. The van der Waals surface area contributed by atoms with Gasteiger partial charge in [0.25, 0.3) is 0 Å². The minimum Gasteiger partial charge on any atom is -0.480 e. The van der Waals surface area contributed by atoms with Crippen LogP contribution in [0.15, 0.2) is 48.5 Å². The molecule has 6 heteroatoms. The summed E-state index contributed by atoms with van der Waals surface area (Å²) < 4.78 is 17.2. The van der Waals surface area contributed by atoms with Crippen molar-refractivity contribution in [3.63, 3.8) is 0 Å². The maximum absolute atomic E-state index is 12.5.